The third-order valence-corrected chi connectivity index (χ3v) is 6.75. The van der Waals surface area contributed by atoms with Gasteiger partial charge in [-0.05, 0) is 12.1 Å². The summed E-state index contributed by atoms with van der Waals surface area (Å²) in [4.78, 5) is 34.8. The van der Waals surface area contributed by atoms with Gasteiger partial charge in [0.25, 0.3) is 5.56 Å². The Bertz CT molecular complexity index is 1020. The Balaban J connectivity index is 1.65. The number of carbonyl (C=O) groups excluding carboxylic acids is 1. The molecule has 1 amide bonds. The molecule has 6 nitrogen and oxygen atoms in total. The minimum absolute atomic E-state index is 0.0663. The SMILES string of the molecule is C[C@@H]1Cc2nc(SCC(=O)Nc3nccs3)n(-c3ccccc3)c(=O)c2S1. The van der Waals surface area contributed by atoms with E-state index in [0.29, 0.717) is 20.4 Å². The summed E-state index contributed by atoms with van der Waals surface area (Å²) in [7, 11) is 0. The summed E-state index contributed by atoms with van der Waals surface area (Å²) in [5, 5.41) is 5.99. The summed E-state index contributed by atoms with van der Waals surface area (Å²) in [6.07, 6.45) is 2.41. The van der Waals surface area contributed by atoms with E-state index >= 15 is 0 Å². The van der Waals surface area contributed by atoms with Gasteiger partial charge in [0.1, 0.15) is 0 Å². The van der Waals surface area contributed by atoms with Gasteiger partial charge in [0.15, 0.2) is 10.3 Å². The van der Waals surface area contributed by atoms with Crippen molar-refractivity contribution in [1.29, 1.82) is 0 Å². The molecule has 0 aliphatic carbocycles. The summed E-state index contributed by atoms with van der Waals surface area (Å²) >= 11 is 4.20. The van der Waals surface area contributed by atoms with Crippen molar-refractivity contribution in [1.82, 2.24) is 14.5 Å². The lowest BCUT2D eigenvalue weighted by molar-refractivity contribution is -0.113. The van der Waals surface area contributed by atoms with Gasteiger partial charge in [-0.25, -0.2) is 9.97 Å². The Morgan fingerprint density at radius 2 is 2.19 bits per heavy atom. The smallest absolute Gasteiger partial charge is 0.272 e. The van der Waals surface area contributed by atoms with Crippen molar-refractivity contribution in [2.75, 3.05) is 11.1 Å². The van der Waals surface area contributed by atoms with E-state index in [1.165, 1.54) is 23.1 Å². The van der Waals surface area contributed by atoms with Gasteiger partial charge >= 0.3 is 0 Å². The molecule has 1 aromatic carbocycles. The van der Waals surface area contributed by atoms with Gasteiger partial charge in [0, 0.05) is 23.2 Å². The second kappa shape index (κ2) is 7.87. The van der Waals surface area contributed by atoms with E-state index in [-0.39, 0.29) is 17.2 Å². The first-order valence-electron chi connectivity index (χ1n) is 8.32. The van der Waals surface area contributed by atoms with E-state index in [2.05, 4.69) is 17.2 Å². The van der Waals surface area contributed by atoms with Crippen LogP contribution in [0.25, 0.3) is 5.69 Å². The quantitative estimate of drug-likeness (QED) is 0.507. The molecule has 9 heteroatoms. The molecule has 0 unspecified atom stereocenters. The second-order valence-electron chi connectivity index (χ2n) is 5.95. The summed E-state index contributed by atoms with van der Waals surface area (Å²) in [5.41, 5.74) is 1.51. The van der Waals surface area contributed by atoms with Crippen LogP contribution >= 0.6 is 34.9 Å². The van der Waals surface area contributed by atoms with Gasteiger partial charge in [0.05, 0.1) is 22.0 Å². The van der Waals surface area contributed by atoms with E-state index < -0.39 is 0 Å². The van der Waals surface area contributed by atoms with Crippen LogP contribution in [0.15, 0.2) is 56.8 Å². The number of nitrogens with zero attached hydrogens (tertiary/aromatic N) is 3. The van der Waals surface area contributed by atoms with Gasteiger partial charge in [-0.3, -0.25) is 14.2 Å². The van der Waals surface area contributed by atoms with Crippen LogP contribution in [0.2, 0.25) is 0 Å². The lowest BCUT2D eigenvalue weighted by atomic mass is 10.2. The van der Waals surface area contributed by atoms with Crippen molar-refractivity contribution in [3.63, 3.8) is 0 Å². The minimum atomic E-state index is -0.174. The molecule has 1 atom stereocenters. The fraction of sp³-hybridized carbons (Fsp3) is 0.222. The molecule has 27 heavy (non-hydrogen) atoms. The number of anilines is 1. The van der Waals surface area contributed by atoms with Crippen LogP contribution < -0.4 is 10.9 Å². The molecule has 2 aromatic heterocycles. The number of aromatic nitrogens is 3. The Kier molecular flexibility index (Phi) is 5.33. The number of benzene rings is 1. The number of amides is 1. The minimum Gasteiger partial charge on any atom is -0.301 e. The number of thiazole rings is 1. The predicted molar refractivity (Wildman–Crippen MR) is 110 cm³/mol. The molecule has 1 aliphatic heterocycles. The highest BCUT2D eigenvalue weighted by molar-refractivity contribution is 8.00. The maximum atomic E-state index is 13.1. The molecule has 0 fully saturated rings. The van der Waals surface area contributed by atoms with E-state index in [1.807, 2.05) is 30.3 Å². The van der Waals surface area contributed by atoms with Crippen molar-refractivity contribution in [3.8, 4) is 5.69 Å². The van der Waals surface area contributed by atoms with Crippen LogP contribution in [0, 0.1) is 0 Å². The van der Waals surface area contributed by atoms with Gasteiger partial charge in [-0.1, -0.05) is 36.9 Å². The van der Waals surface area contributed by atoms with Gasteiger partial charge in [0.2, 0.25) is 5.91 Å². The van der Waals surface area contributed by atoms with E-state index in [4.69, 9.17) is 4.98 Å². The summed E-state index contributed by atoms with van der Waals surface area (Å²) in [6, 6.07) is 9.42. The van der Waals surface area contributed by atoms with E-state index in [1.54, 1.807) is 27.9 Å². The van der Waals surface area contributed by atoms with E-state index in [0.717, 1.165) is 17.8 Å². The highest BCUT2D eigenvalue weighted by Gasteiger charge is 2.27. The van der Waals surface area contributed by atoms with Gasteiger partial charge < -0.3 is 5.32 Å². The molecule has 138 valence electrons. The number of hydrogen-bond donors (Lipinski definition) is 1. The number of nitrogens with one attached hydrogen (secondary N) is 1. The Morgan fingerprint density at radius 3 is 2.93 bits per heavy atom. The summed E-state index contributed by atoms with van der Waals surface area (Å²) < 4.78 is 1.60. The van der Waals surface area contributed by atoms with Crippen LogP contribution in [0.1, 0.15) is 12.6 Å². The second-order valence-corrected chi connectivity index (χ2v) is 9.24. The molecule has 0 spiro atoms. The van der Waals surface area contributed by atoms with Crippen molar-refractivity contribution in [2.24, 2.45) is 0 Å². The standard InChI is InChI=1S/C18H16N4O2S3/c1-11-9-13-15(27-11)16(24)22(12-5-3-2-4-6-12)18(20-13)26-10-14(23)21-17-19-7-8-25-17/h2-8,11H,9-10H2,1H3,(H,19,21,23)/t11-/m1/s1. The Hall–Kier alpha value is -2.10. The third-order valence-electron chi connectivity index (χ3n) is 3.91. The fourth-order valence-corrected chi connectivity index (χ4v) is 5.24. The zero-order chi connectivity index (χ0) is 18.8. The topological polar surface area (TPSA) is 76.9 Å². The Labute approximate surface area is 168 Å². The van der Waals surface area contributed by atoms with Crippen LogP contribution in [-0.2, 0) is 11.2 Å². The van der Waals surface area contributed by atoms with Crippen molar-refractivity contribution >= 4 is 45.9 Å². The monoisotopic (exact) mass is 416 g/mol. The largest absolute Gasteiger partial charge is 0.301 e. The number of fused-ring (bicyclic) bond motifs is 1. The molecule has 0 saturated carbocycles. The van der Waals surface area contributed by atoms with Crippen molar-refractivity contribution < 1.29 is 4.79 Å². The number of thioether (sulfide) groups is 2. The molecular formula is C18H16N4O2S3. The lowest BCUT2D eigenvalue weighted by Gasteiger charge is -2.13. The maximum absolute atomic E-state index is 13.1. The van der Waals surface area contributed by atoms with Crippen LogP contribution in [0.4, 0.5) is 5.13 Å². The molecule has 4 rings (SSSR count). The molecule has 0 radical (unpaired) electrons. The van der Waals surface area contributed by atoms with Gasteiger partial charge in [-0.15, -0.1) is 23.1 Å². The fourth-order valence-electron chi connectivity index (χ4n) is 2.77. The van der Waals surface area contributed by atoms with Crippen LogP contribution in [0.5, 0.6) is 0 Å². The number of rotatable bonds is 5. The number of hydrogen-bond acceptors (Lipinski definition) is 7. The highest BCUT2D eigenvalue weighted by Crippen LogP contribution is 2.34. The molecule has 1 N–H and O–H groups in total. The van der Waals surface area contributed by atoms with E-state index in [9.17, 15) is 9.59 Å². The van der Waals surface area contributed by atoms with Gasteiger partial charge in [-0.2, -0.15) is 0 Å². The Morgan fingerprint density at radius 1 is 1.37 bits per heavy atom. The lowest BCUT2D eigenvalue weighted by Crippen LogP contribution is -2.24. The molecule has 3 heterocycles. The first-order chi connectivity index (χ1) is 13.1. The third kappa shape index (κ3) is 3.95. The molecule has 3 aromatic rings. The zero-order valence-corrected chi connectivity index (χ0v) is 16.9. The summed E-state index contributed by atoms with van der Waals surface area (Å²) in [5.74, 6) is -0.0209. The van der Waals surface area contributed by atoms with Crippen LogP contribution in [0.3, 0.4) is 0 Å². The maximum Gasteiger partial charge on any atom is 0.272 e. The molecular weight excluding hydrogens is 400 g/mol. The molecule has 0 bridgehead atoms. The average molecular weight is 417 g/mol. The van der Waals surface area contributed by atoms with Crippen molar-refractivity contribution in [3.05, 3.63) is 58.0 Å². The number of carbonyl (C=O) groups is 1. The predicted octanol–water partition coefficient (Wildman–Crippen LogP) is 3.46. The number of para-hydroxylation sites is 1. The molecule has 1 aliphatic rings. The normalized spacial score (nSPS) is 15.5. The first kappa shape index (κ1) is 18.3. The summed E-state index contributed by atoms with van der Waals surface area (Å²) in [6.45, 7) is 2.09. The van der Waals surface area contributed by atoms with Crippen molar-refractivity contribution in [2.45, 2.75) is 28.6 Å². The average Bonchev–Trinajstić information content (AvgIpc) is 3.30. The highest BCUT2D eigenvalue weighted by atomic mass is 32.2. The molecule has 0 saturated heterocycles. The first-order valence-corrected chi connectivity index (χ1v) is 11.1. The zero-order valence-electron chi connectivity index (χ0n) is 14.4. The van der Waals surface area contributed by atoms with Crippen LogP contribution in [-0.4, -0.2) is 31.4 Å².